The minimum Gasteiger partial charge on any atom is -0.369 e. The van der Waals surface area contributed by atoms with Crippen LogP contribution < -0.4 is 0 Å². The van der Waals surface area contributed by atoms with Crippen LogP contribution in [0.5, 0.6) is 0 Å². The Hall–Kier alpha value is -1.62. The van der Waals surface area contributed by atoms with Crippen LogP contribution in [0.25, 0.3) is 10.1 Å². The summed E-state index contributed by atoms with van der Waals surface area (Å²) in [7, 11) is 0. The third kappa shape index (κ3) is 3.53. The molecule has 0 saturated carbocycles. The third-order valence-corrected chi connectivity index (χ3v) is 7.73. The highest BCUT2D eigenvalue weighted by Crippen LogP contribution is 2.49. The summed E-state index contributed by atoms with van der Waals surface area (Å²) in [6.45, 7) is 4.18. The van der Waals surface area contributed by atoms with Gasteiger partial charge in [0.2, 0.25) is 0 Å². The largest absolute Gasteiger partial charge is 0.471 e. The SMILES string of the molecule is Cc1c(C2OC2N2CC(N3C=CN(C(=O)C(F)(F)F)CC3)C2)sc2cc(Br)ccc12. The van der Waals surface area contributed by atoms with E-state index in [0.717, 1.165) is 22.5 Å². The fourth-order valence-corrected chi connectivity index (χ4v) is 5.96. The van der Waals surface area contributed by atoms with E-state index < -0.39 is 12.1 Å². The molecule has 2 saturated heterocycles. The molecule has 1 aromatic heterocycles. The molecule has 2 aromatic rings. The van der Waals surface area contributed by atoms with E-state index in [4.69, 9.17) is 4.74 Å². The number of benzene rings is 1. The third-order valence-electron chi connectivity index (χ3n) is 5.92. The van der Waals surface area contributed by atoms with Crippen molar-refractivity contribution in [2.24, 2.45) is 0 Å². The number of rotatable bonds is 3. The van der Waals surface area contributed by atoms with Crippen LogP contribution in [-0.2, 0) is 9.53 Å². The number of hydrogen-bond donors (Lipinski definition) is 0. The maximum Gasteiger partial charge on any atom is 0.471 e. The number of fused-ring (bicyclic) bond motifs is 1. The van der Waals surface area contributed by atoms with Gasteiger partial charge in [-0.25, -0.2) is 0 Å². The molecule has 2 atom stereocenters. The quantitative estimate of drug-likeness (QED) is 0.590. The van der Waals surface area contributed by atoms with Gasteiger partial charge in [-0.05, 0) is 30.0 Å². The van der Waals surface area contributed by atoms with E-state index in [0.29, 0.717) is 6.54 Å². The van der Waals surface area contributed by atoms with Gasteiger partial charge in [-0.2, -0.15) is 13.2 Å². The predicted molar refractivity (Wildman–Crippen MR) is 111 cm³/mol. The Morgan fingerprint density at radius 3 is 2.67 bits per heavy atom. The number of thiophene rings is 1. The number of hydrogen-bond acceptors (Lipinski definition) is 5. The van der Waals surface area contributed by atoms with E-state index >= 15 is 0 Å². The Balaban J connectivity index is 1.17. The number of ether oxygens (including phenoxy) is 1. The average Bonchev–Trinajstić information content (AvgIpc) is 3.36. The first kappa shape index (κ1) is 20.3. The van der Waals surface area contributed by atoms with Crippen LogP contribution in [0.1, 0.15) is 16.5 Å². The summed E-state index contributed by atoms with van der Waals surface area (Å²) in [5, 5.41) is 1.25. The van der Waals surface area contributed by atoms with Crippen LogP contribution in [0.3, 0.4) is 0 Å². The normalized spacial score (nSPS) is 25.1. The number of halogens is 4. The summed E-state index contributed by atoms with van der Waals surface area (Å²) in [6, 6.07) is 6.53. The van der Waals surface area contributed by atoms with Crippen molar-refractivity contribution in [2.75, 3.05) is 26.2 Å². The first-order valence-electron chi connectivity index (χ1n) is 9.62. The number of carbonyl (C=O) groups is 1. The van der Waals surface area contributed by atoms with Crippen molar-refractivity contribution in [3.8, 4) is 0 Å². The van der Waals surface area contributed by atoms with E-state index in [9.17, 15) is 18.0 Å². The van der Waals surface area contributed by atoms with Crippen LogP contribution in [0.2, 0.25) is 0 Å². The summed E-state index contributed by atoms with van der Waals surface area (Å²) in [5.74, 6) is -1.81. The molecule has 4 heterocycles. The Morgan fingerprint density at radius 1 is 1.23 bits per heavy atom. The second-order valence-corrected chi connectivity index (χ2v) is 9.82. The molecule has 2 unspecified atom stereocenters. The summed E-state index contributed by atoms with van der Waals surface area (Å²) >= 11 is 5.29. The smallest absolute Gasteiger partial charge is 0.369 e. The van der Waals surface area contributed by atoms with Crippen LogP contribution in [-0.4, -0.2) is 65.2 Å². The molecule has 0 N–H and O–H groups in total. The van der Waals surface area contributed by atoms with Crippen molar-refractivity contribution in [3.63, 3.8) is 0 Å². The lowest BCUT2D eigenvalue weighted by Gasteiger charge is -2.46. The van der Waals surface area contributed by atoms with Gasteiger partial charge in [0, 0.05) is 52.6 Å². The van der Waals surface area contributed by atoms with Crippen molar-refractivity contribution < 1.29 is 22.7 Å². The number of nitrogens with zero attached hydrogens (tertiary/aromatic N) is 3. The van der Waals surface area contributed by atoms with E-state index in [2.05, 4.69) is 39.9 Å². The highest BCUT2D eigenvalue weighted by Gasteiger charge is 2.51. The van der Waals surface area contributed by atoms with Crippen molar-refractivity contribution in [2.45, 2.75) is 31.5 Å². The van der Waals surface area contributed by atoms with Crippen molar-refractivity contribution >= 4 is 43.3 Å². The Bertz CT molecular complexity index is 1030. The molecule has 1 amide bonds. The molecule has 3 aliphatic rings. The fraction of sp³-hybridized carbons (Fsp3) is 0.450. The Kier molecular flexibility index (Phi) is 4.88. The lowest BCUT2D eigenvalue weighted by molar-refractivity contribution is -0.183. The van der Waals surface area contributed by atoms with E-state index in [1.165, 1.54) is 26.7 Å². The van der Waals surface area contributed by atoms with Gasteiger partial charge in [0.25, 0.3) is 0 Å². The molecule has 5 nitrogen and oxygen atoms in total. The number of epoxide rings is 1. The highest BCUT2D eigenvalue weighted by atomic mass is 79.9. The van der Waals surface area contributed by atoms with Gasteiger partial charge in [0.1, 0.15) is 12.3 Å². The van der Waals surface area contributed by atoms with Crippen molar-refractivity contribution in [3.05, 3.63) is 45.5 Å². The lowest BCUT2D eigenvalue weighted by Crippen LogP contribution is -2.60. The molecule has 5 rings (SSSR count). The van der Waals surface area contributed by atoms with E-state index in [1.807, 2.05) is 11.0 Å². The summed E-state index contributed by atoms with van der Waals surface area (Å²) in [5.41, 5.74) is 1.26. The zero-order valence-electron chi connectivity index (χ0n) is 16.0. The van der Waals surface area contributed by atoms with Gasteiger partial charge in [-0.1, -0.05) is 22.0 Å². The maximum absolute atomic E-state index is 12.5. The van der Waals surface area contributed by atoms with E-state index in [-0.39, 0.29) is 24.9 Å². The van der Waals surface area contributed by atoms with Gasteiger partial charge in [0.05, 0.1) is 6.04 Å². The number of aryl methyl sites for hydroxylation is 1. The molecule has 10 heteroatoms. The van der Waals surface area contributed by atoms with Crippen LogP contribution in [0, 0.1) is 6.92 Å². The first-order chi connectivity index (χ1) is 14.2. The molecular weight excluding hydrogens is 483 g/mol. The second kappa shape index (κ2) is 7.22. The monoisotopic (exact) mass is 501 g/mol. The van der Waals surface area contributed by atoms with Gasteiger partial charge in [-0.15, -0.1) is 11.3 Å². The number of amides is 1. The van der Waals surface area contributed by atoms with Gasteiger partial charge < -0.3 is 14.5 Å². The molecule has 1 aromatic carbocycles. The molecule has 2 fully saturated rings. The summed E-state index contributed by atoms with van der Waals surface area (Å²) in [4.78, 5) is 17.6. The number of alkyl halides is 3. The average molecular weight is 502 g/mol. The lowest BCUT2D eigenvalue weighted by atomic mass is 10.1. The molecule has 0 spiro atoms. The Morgan fingerprint density at radius 2 is 2.00 bits per heavy atom. The van der Waals surface area contributed by atoms with E-state index in [1.54, 1.807) is 17.5 Å². The standard InChI is InChI=1S/C20H19BrF3N3O2S/c1-11-14-3-2-12(21)8-15(14)30-17(11)16-18(29-16)27-9-13(10-27)25-4-6-26(7-5-25)19(28)20(22,23)24/h2-4,6,8,13,16,18H,5,7,9-10H2,1H3. The molecular formula is C20H19BrF3N3O2S. The maximum atomic E-state index is 12.5. The Labute approximate surface area is 183 Å². The first-order valence-corrected chi connectivity index (χ1v) is 11.2. The van der Waals surface area contributed by atoms with Gasteiger partial charge in [0.15, 0.2) is 0 Å². The zero-order chi connectivity index (χ0) is 21.2. The number of likely N-dealkylation sites (tertiary alicyclic amines) is 1. The molecule has 0 radical (unpaired) electrons. The molecule has 0 bridgehead atoms. The highest BCUT2D eigenvalue weighted by molar-refractivity contribution is 9.10. The summed E-state index contributed by atoms with van der Waals surface area (Å²) < 4.78 is 45.9. The molecule has 30 heavy (non-hydrogen) atoms. The van der Waals surface area contributed by atoms with Crippen LogP contribution in [0.4, 0.5) is 13.2 Å². The second-order valence-electron chi connectivity index (χ2n) is 7.82. The minimum absolute atomic E-state index is 0.0461. The molecule has 160 valence electrons. The van der Waals surface area contributed by atoms with Gasteiger partial charge in [-0.3, -0.25) is 9.69 Å². The minimum atomic E-state index is -4.83. The van der Waals surface area contributed by atoms with Gasteiger partial charge >= 0.3 is 12.1 Å². The molecule has 3 aliphatic heterocycles. The zero-order valence-corrected chi connectivity index (χ0v) is 18.4. The molecule has 0 aliphatic carbocycles. The fourth-order valence-electron chi connectivity index (χ4n) is 4.14. The van der Waals surface area contributed by atoms with Crippen molar-refractivity contribution in [1.29, 1.82) is 0 Å². The predicted octanol–water partition coefficient (Wildman–Crippen LogP) is 4.23. The van der Waals surface area contributed by atoms with Crippen molar-refractivity contribution in [1.82, 2.24) is 14.7 Å². The van der Waals surface area contributed by atoms with Crippen LogP contribution >= 0.6 is 27.3 Å². The summed E-state index contributed by atoms with van der Waals surface area (Å²) in [6.07, 6.45) is -1.86. The number of carbonyl (C=O) groups excluding carboxylic acids is 1. The topological polar surface area (TPSA) is 39.3 Å². The van der Waals surface area contributed by atoms with Crippen LogP contribution in [0.15, 0.2) is 35.1 Å².